The lowest BCUT2D eigenvalue weighted by Gasteiger charge is -2.15. The first-order valence-electron chi connectivity index (χ1n) is 8.10. The average molecular weight is 370 g/mol. The molecule has 134 valence electrons. The predicted molar refractivity (Wildman–Crippen MR) is 96.5 cm³/mol. The van der Waals surface area contributed by atoms with E-state index >= 15 is 0 Å². The zero-order valence-corrected chi connectivity index (χ0v) is 15.1. The second-order valence-corrected chi connectivity index (χ2v) is 7.79. The van der Waals surface area contributed by atoms with Crippen LogP contribution < -0.4 is 4.74 Å². The van der Waals surface area contributed by atoms with Crippen molar-refractivity contribution in [2.75, 3.05) is 13.1 Å². The molecule has 0 saturated carbocycles. The van der Waals surface area contributed by atoms with Crippen LogP contribution in [0.15, 0.2) is 42.1 Å². The molecule has 1 fully saturated rings. The molecule has 0 aliphatic carbocycles. The highest BCUT2D eigenvalue weighted by molar-refractivity contribution is 7.92. The molecule has 2 heterocycles. The molecule has 0 radical (unpaired) electrons. The number of aryl methyl sites for hydroxylation is 1. The van der Waals surface area contributed by atoms with Crippen LogP contribution in [0.25, 0.3) is 6.08 Å². The van der Waals surface area contributed by atoms with Gasteiger partial charge in [-0.25, -0.2) is 18.4 Å². The van der Waals surface area contributed by atoms with Crippen molar-refractivity contribution in [2.45, 2.75) is 19.4 Å². The number of benzene rings is 1. The van der Waals surface area contributed by atoms with Gasteiger partial charge in [-0.1, -0.05) is 29.8 Å². The summed E-state index contributed by atoms with van der Waals surface area (Å²) in [6.07, 6.45) is 4.59. The van der Waals surface area contributed by atoms with Crippen molar-refractivity contribution < 1.29 is 13.2 Å². The SMILES string of the molecule is Cc1ccc(/C=C/S(=O)(=O)N2CC[C@H](Oc3nccnc3C#N)C2)cc1. The van der Waals surface area contributed by atoms with Crippen molar-refractivity contribution in [3.05, 3.63) is 58.9 Å². The molecule has 1 aromatic carbocycles. The first-order valence-corrected chi connectivity index (χ1v) is 9.61. The molecule has 1 aliphatic heterocycles. The smallest absolute Gasteiger partial charge is 0.251 e. The third-order valence-corrected chi connectivity index (χ3v) is 5.56. The van der Waals surface area contributed by atoms with Gasteiger partial charge in [-0.2, -0.15) is 9.57 Å². The van der Waals surface area contributed by atoms with Crippen molar-refractivity contribution in [3.8, 4) is 11.9 Å². The summed E-state index contributed by atoms with van der Waals surface area (Å²) in [4.78, 5) is 7.88. The molecule has 1 atom stereocenters. The molecule has 1 aliphatic rings. The maximum atomic E-state index is 12.5. The standard InChI is InChI=1S/C18H18N4O3S/c1-14-2-4-15(5-3-14)7-11-26(23,24)22-10-6-16(13-22)25-18-17(12-19)20-8-9-21-18/h2-5,7-9,11,16H,6,10,13H2,1H3/b11-7+/t16-/m0/s1. The van der Waals surface area contributed by atoms with E-state index in [4.69, 9.17) is 10.00 Å². The highest BCUT2D eigenvalue weighted by Crippen LogP contribution is 2.21. The van der Waals surface area contributed by atoms with Crippen LogP contribution in [0.1, 0.15) is 23.2 Å². The van der Waals surface area contributed by atoms with Gasteiger partial charge in [0.15, 0.2) is 0 Å². The van der Waals surface area contributed by atoms with E-state index in [0.29, 0.717) is 13.0 Å². The Hall–Kier alpha value is -2.76. The fraction of sp³-hybridized carbons (Fsp3) is 0.278. The quantitative estimate of drug-likeness (QED) is 0.800. The molecular weight excluding hydrogens is 352 g/mol. The van der Waals surface area contributed by atoms with Crippen LogP contribution >= 0.6 is 0 Å². The Balaban J connectivity index is 1.65. The highest BCUT2D eigenvalue weighted by atomic mass is 32.2. The topological polar surface area (TPSA) is 96.2 Å². The largest absolute Gasteiger partial charge is 0.471 e. The number of hydrogen-bond acceptors (Lipinski definition) is 6. The summed E-state index contributed by atoms with van der Waals surface area (Å²) in [5.41, 5.74) is 2.03. The van der Waals surface area contributed by atoms with Crippen LogP contribution in [0.2, 0.25) is 0 Å². The van der Waals surface area contributed by atoms with Crippen LogP contribution in [-0.4, -0.2) is 41.9 Å². The fourth-order valence-corrected chi connectivity index (χ4v) is 3.83. The van der Waals surface area contributed by atoms with Crippen LogP contribution in [0, 0.1) is 18.3 Å². The fourth-order valence-electron chi connectivity index (χ4n) is 2.60. The predicted octanol–water partition coefficient (Wildman–Crippen LogP) is 2.11. The molecule has 26 heavy (non-hydrogen) atoms. The van der Waals surface area contributed by atoms with Gasteiger partial charge >= 0.3 is 0 Å². The van der Waals surface area contributed by atoms with Crippen molar-refractivity contribution in [1.29, 1.82) is 5.26 Å². The van der Waals surface area contributed by atoms with Gasteiger partial charge in [-0.15, -0.1) is 0 Å². The minimum absolute atomic E-state index is 0.0908. The highest BCUT2D eigenvalue weighted by Gasteiger charge is 2.31. The van der Waals surface area contributed by atoms with Gasteiger partial charge in [-0.3, -0.25) is 0 Å². The van der Waals surface area contributed by atoms with Crippen LogP contribution in [0.3, 0.4) is 0 Å². The first kappa shape index (κ1) is 18.0. The molecule has 0 N–H and O–H groups in total. The van der Waals surface area contributed by atoms with Crippen molar-refractivity contribution in [3.63, 3.8) is 0 Å². The summed E-state index contributed by atoms with van der Waals surface area (Å²) in [6.45, 7) is 2.54. The van der Waals surface area contributed by atoms with Crippen LogP contribution in [0.4, 0.5) is 0 Å². The zero-order chi connectivity index (χ0) is 18.6. The van der Waals surface area contributed by atoms with Gasteiger partial charge in [0.1, 0.15) is 12.2 Å². The van der Waals surface area contributed by atoms with Gasteiger partial charge < -0.3 is 4.74 Å². The number of rotatable bonds is 5. The molecule has 7 nitrogen and oxygen atoms in total. The molecule has 2 aromatic rings. The van der Waals surface area contributed by atoms with E-state index in [1.54, 1.807) is 6.08 Å². The van der Waals surface area contributed by atoms with E-state index in [1.807, 2.05) is 37.3 Å². The second kappa shape index (κ2) is 7.64. The number of aromatic nitrogens is 2. The number of nitriles is 1. The number of nitrogens with zero attached hydrogens (tertiary/aromatic N) is 4. The normalized spacial score (nSPS) is 18.1. The van der Waals surface area contributed by atoms with Gasteiger partial charge in [-0.05, 0) is 25.0 Å². The Morgan fingerprint density at radius 3 is 2.73 bits per heavy atom. The van der Waals surface area contributed by atoms with E-state index in [2.05, 4.69) is 9.97 Å². The maximum Gasteiger partial charge on any atom is 0.251 e. The molecule has 1 saturated heterocycles. The summed E-state index contributed by atoms with van der Waals surface area (Å²) < 4.78 is 32.0. The maximum absolute atomic E-state index is 12.5. The van der Waals surface area contributed by atoms with Gasteiger partial charge in [0.25, 0.3) is 5.88 Å². The van der Waals surface area contributed by atoms with Crippen molar-refractivity contribution >= 4 is 16.1 Å². The first-order chi connectivity index (χ1) is 12.5. The van der Waals surface area contributed by atoms with Crippen LogP contribution in [-0.2, 0) is 10.0 Å². The third kappa shape index (κ3) is 4.25. The summed E-state index contributed by atoms with van der Waals surface area (Å²) in [6, 6.07) is 9.51. The number of hydrogen-bond donors (Lipinski definition) is 0. The molecule has 0 amide bonds. The number of ether oxygens (including phenoxy) is 1. The Labute approximate surface area is 152 Å². The summed E-state index contributed by atoms with van der Waals surface area (Å²) in [7, 11) is -3.54. The van der Waals surface area contributed by atoms with E-state index in [9.17, 15) is 8.42 Å². The molecule has 1 aromatic heterocycles. The lowest BCUT2D eigenvalue weighted by atomic mass is 10.2. The summed E-state index contributed by atoms with van der Waals surface area (Å²) in [5.74, 6) is 0.134. The Kier molecular flexibility index (Phi) is 5.30. The van der Waals surface area contributed by atoms with E-state index < -0.39 is 10.0 Å². The Bertz CT molecular complexity index is 949. The Morgan fingerprint density at radius 2 is 2.00 bits per heavy atom. The Morgan fingerprint density at radius 1 is 1.27 bits per heavy atom. The average Bonchev–Trinajstić information content (AvgIpc) is 3.11. The van der Waals surface area contributed by atoms with E-state index in [-0.39, 0.29) is 24.2 Å². The van der Waals surface area contributed by atoms with E-state index in [1.165, 1.54) is 22.1 Å². The third-order valence-electron chi connectivity index (χ3n) is 4.03. The van der Waals surface area contributed by atoms with Crippen LogP contribution in [0.5, 0.6) is 5.88 Å². The van der Waals surface area contributed by atoms with E-state index in [0.717, 1.165) is 11.1 Å². The van der Waals surface area contributed by atoms with Crippen molar-refractivity contribution in [2.24, 2.45) is 0 Å². The molecule has 3 rings (SSSR count). The minimum atomic E-state index is -3.54. The lowest BCUT2D eigenvalue weighted by Crippen LogP contribution is -2.29. The molecule has 0 spiro atoms. The monoisotopic (exact) mass is 370 g/mol. The zero-order valence-electron chi connectivity index (χ0n) is 14.2. The minimum Gasteiger partial charge on any atom is -0.471 e. The second-order valence-electron chi connectivity index (χ2n) is 5.97. The summed E-state index contributed by atoms with van der Waals surface area (Å²) in [5, 5.41) is 10.2. The summed E-state index contributed by atoms with van der Waals surface area (Å²) >= 11 is 0. The lowest BCUT2D eigenvalue weighted by molar-refractivity contribution is 0.205. The van der Waals surface area contributed by atoms with Gasteiger partial charge in [0, 0.05) is 24.3 Å². The van der Waals surface area contributed by atoms with Gasteiger partial charge in [0.2, 0.25) is 15.7 Å². The van der Waals surface area contributed by atoms with Crippen molar-refractivity contribution in [1.82, 2.24) is 14.3 Å². The molecule has 0 unspecified atom stereocenters. The number of sulfonamides is 1. The molecular formula is C18H18N4O3S. The molecule has 0 bridgehead atoms. The molecule has 8 heteroatoms. The van der Waals surface area contributed by atoms with Gasteiger partial charge in [0.05, 0.1) is 6.54 Å².